The topological polar surface area (TPSA) is 98.6 Å². The quantitative estimate of drug-likeness (QED) is 0.642. The Bertz CT molecular complexity index is 452. The van der Waals surface area contributed by atoms with Crippen molar-refractivity contribution in [1.29, 1.82) is 0 Å². The van der Waals surface area contributed by atoms with Gasteiger partial charge in [0.1, 0.15) is 0 Å². The zero-order valence-electron chi connectivity index (χ0n) is 11.1. The molecule has 0 aliphatic rings. The van der Waals surface area contributed by atoms with Crippen LogP contribution in [0.15, 0.2) is 12.1 Å². The van der Waals surface area contributed by atoms with Gasteiger partial charge in [-0.1, -0.05) is 13.8 Å². The zero-order valence-corrected chi connectivity index (χ0v) is 11.9. The van der Waals surface area contributed by atoms with Crippen molar-refractivity contribution in [3.63, 3.8) is 0 Å². The zero-order chi connectivity index (χ0) is 13.9. The molecule has 0 saturated carbocycles. The molecule has 1 rings (SSSR count). The monoisotopic (exact) mass is 290 g/mol. The van der Waals surface area contributed by atoms with Crippen LogP contribution in [-0.4, -0.2) is 17.1 Å². The van der Waals surface area contributed by atoms with Crippen LogP contribution in [-0.2, 0) is 0 Å². The number of hydrogen-bond acceptors (Lipinski definition) is 5. The highest BCUT2D eigenvalue weighted by molar-refractivity contribution is 5.85. The molecule has 0 spiro atoms. The Morgan fingerprint density at radius 3 is 2.47 bits per heavy atom. The van der Waals surface area contributed by atoms with Gasteiger partial charge < -0.3 is 15.6 Å². The van der Waals surface area contributed by atoms with Crippen molar-refractivity contribution < 1.29 is 14.8 Å². The molecule has 1 atom stereocenters. The maximum absolute atomic E-state index is 10.8. The maximum atomic E-state index is 10.8. The molecule has 0 aromatic heterocycles. The standard InChI is InChI=1S/C12H18N2O4.ClH/c1-7(2)4-9(13)8-5-10(14(16)17)12(15)11(6-8)18-3;/h5-7,9,15H,4,13H2,1-3H3;1H/t9-;/m1./s1. The number of nitro benzene ring substituents is 1. The van der Waals surface area contributed by atoms with Crippen LogP contribution in [0.2, 0.25) is 0 Å². The number of phenolic OH excluding ortho intramolecular Hbond substituents is 1. The van der Waals surface area contributed by atoms with Crippen LogP contribution >= 0.6 is 12.4 Å². The second-order valence-electron chi connectivity index (χ2n) is 4.58. The minimum Gasteiger partial charge on any atom is -0.500 e. The van der Waals surface area contributed by atoms with Gasteiger partial charge in [-0.25, -0.2) is 0 Å². The van der Waals surface area contributed by atoms with Crippen molar-refractivity contribution in [2.24, 2.45) is 11.7 Å². The molecule has 0 saturated heterocycles. The van der Waals surface area contributed by atoms with Gasteiger partial charge in [0.25, 0.3) is 0 Å². The van der Waals surface area contributed by atoms with Crippen molar-refractivity contribution >= 4 is 18.1 Å². The Balaban J connectivity index is 0.00000324. The van der Waals surface area contributed by atoms with E-state index >= 15 is 0 Å². The maximum Gasteiger partial charge on any atom is 0.314 e. The van der Waals surface area contributed by atoms with E-state index in [1.165, 1.54) is 19.2 Å². The predicted octanol–water partition coefficient (Wildman–Crippen LogP) is 2.78. The SMILES string of the molecule is COc1cc([C@H](N)CC(C)C)cc([N+](=O)[O-])c1O.Cl. The van der Waals surface area contributed by atoms with Gasteiger partial charge in [-0.3, -0.25) is 10.1 Å². The third kappa shape index (κ3) is 4.25. The van der Waals surface area contributed by atoms with E-state index in [2.05, 4.69) is 0 Å². The molecule has 0 aliphatic carbocycles. The molecule has 0 fully saturated rings. The van der Waals surface area contributed by atoms with Crippen molar-refractivity contribution in [3.05, 3.63) is 27.8 Å². The van der Waals surface area contributed by atoms with Gasteiger partial charge >= 0.3 is 5.69 Å². The second-order valence-corrected chi connectivity index (χ2v) is 4.58. The number of methoxy groups -OCH3 is 1. The molecule has 0 aliphatic heterocycles. The summed E-state index contributed by atoms with van der Waals surface area (Å²) in [7, 11) is 1.34. The summed E-state index contributed by atoms with van der Waals surface area (Å²) in [5.41, 5.74) is 6.18. The first-order chi connectivity index (χ1) is 8.36. The van der Waals surface area contributed by atoms with Crippen molar-refractivity contribution in [2.45, 2.75) is 26.3 Å². The van der Waals surface area contributed by atoms with E-state index < -0.39 is 10.7 Å². The largest absolute Gasteiger partial charge is 0.500 e. The molecule has 19 heavy (non-hydrogen) atoms. The van der Waals surface area contributed by atoms with Crippen LogP contribution < -0.4 is 10.5 Å². The lowest BCUT2D eigenvalue weighted by molar-refractivity contribution is -0.386. The van der Waals surface area contributed by atoms with E-state index in [0.717, 1.165) is 0 Å². The molecular formula is C12H19ClN2O4. The molecule has 0 radical (unpaired) electrons. The van der Waals surface area contributed by atoms with Gasteiger partial charge in [-0.2, -0.15) is 0 Å². The number of hydrogen-bond donors (Lipinski definition) is 2. The normalized spacial score (nSPS) is 11.8. The van der Waals surface area contributed by atoms with Crippen LogP contribution in [0, 0.1) is 16.0 Å². The van der Waals surface area contributed by atoms with Crippen LogP contribution in [0.5, 0.6) is 11.5 Å². The summed E-state index contributed by atoms with van der Waals surface area (Å²) in [4.78, 5) is 10.2. The van der Waals surface area contributed by atoms with Crippen LogP contribution in [0.1, 0.15) is 31.9 Å². The summed E-state index contributed by atoms with van der Waals surface area (Å²) in [6, 6.07) is 2.51. The summed E-state index contributed by atoms with van der Waals surface area (Å²) < 4.78 is 4.92. The number of nitrogens with two attached hydrogens (primary N) is 1. The number of nitrogens with zero attached hydrogens (tertiary/aromatic N) is 1. The fraction of sp³-hybridized carbons (Fsp3) is 0.500. The van der Waals surface area contributed by atoms with Gasteiger partial charge in [0.2, 0.25) is 5.75 Å². The second kappa shape index (κ2) is 7.16. The summed E-state index contributed by atoms with van der Waals surface area (Å²) in [6.07, 6.45) is 0.699. The molecule has 6 nitrogen and oxygen atoms in total. The summed E-state index contributed by atoms with van der Waals surface area (Å²) in [5, 5.41) is 20.5. The fourth-order valence-electron chi connectivity index (χ4n) is 1.77. The molecule has 108 valence electrons. The molecule has 7 heteroatoms. The first kappa shape index (κ1) is 17.5. The Morgan fingerprint density at radius 1 is 1.47 bits per heavy atom. The number of ether oxygens (including phenoxy) is 1. The Hall–Kier alpha value is -1.53. The molecule has 1 aromatic carbocycles. The number of halogens is 1. The highest BCUT2D eigenvalue weighted by Crippen LogP contribution is 2.38. The third-order valence-corrected chi connectivity index (χ3v) is 2.65. The fourth-order valence-corrected chi connectivity index (χ4v) is 1.77. The lowest BCUT2D eigenvalue weighted by Gasteiger charge is -2.15. The van der Waals surface area contributed by atoms with Gasteiger partial charge in [-0.15, -0.1) is 12.4 Å². The van der Waals surface area contributed by atoms with Crippen molar-refractivity contribution in [1.82, 2.24) is 0 Å². The van der Waals surface area contributed by atoms with Crippen LogP contribution in [0.4, 0.5) is 5.69 Å². The predicted molar refractivity (Wildman–Crippen MR) is 74.9 cm³/mol. The average molecular weight is 291 g/mol. The van der Waals surface area contributed by atoms with Crippen LogP contribution in [0.3, 0.4) is 0 Å². The van der Waals surface area contributed by atoms with Gasteiger partial charge in [0.05, 0.1) is 12.0 Å². The number of aromatic hydroxyl groups is 1. The molecule has 1 aromatic rings. The number of phenols is 1. The highest BCUT2D eigenvalue weighted by Gasteiger charge is 2.22. The minimum absolute atomic E-state index is 0. The first-order valence-corrected chi connectivity index (χ1v) is 5.67. The molecular weight excluding hydrogens is 272 g/mol. The van der Waals surface area contributed by atoms with E-state index in [1.807, 2.05) is 13.8 Å². The first-order valence-electron chi connectivity index (χ1n) is 5.67. The lowest BCUT2D eigenvalue weighted by atomic mass is 9.97. The van der Waals surface area contributed by atoms with Crippen LogP contribution in [0.25, 0.3) is 0 Å². The number of rotatable bonds is 5. The van der Waals surface area contributed by atoms with E-state index in [4.69, 9.17) is 10.5 Å². The Morgan fingerprint density at radius 2 is 2.05 bits per heavy atom. The summed E-state index contributed by atoms with van der Waals surface area (Å²) in [6.45, 7) is 4.04. The molecule has 0 heterocycles. The number of nitro groups is 1. The molecule has 0 bridgehead atoms. The molecule has 0 unspecified atom stereocenters. The Labute approximate surface area is 118 Å². The minimum atomic E-state index is -0.649. The smallest absolute Gasteiger partial charge is 0.314 e. The summed E-state index contributed by atoms with van der Waals surface area (Å²) in [5.74, 6) is -0.0275. The van der Waals surface area contributed by atoms with E-state index in [-0.39, 0.29) is 29.9 Å². The Kier molecular flexibility index (Phi) is 6.58. The van der Waals surface area contributed by atoms with Crippen molar-refractivity contribution in [2.75, 3.05) is 7.11 Å². The van der Waals surface area contributed by atoms with E-state index in [9.17, 15) is 15.2 Å². The third-order valence-electron chi connectivity index (χ3n) is 2.65. The van der Waals surface area contributed by atoms with Gasteiger partial charge in [0.15, 0.2) is 5.75 Å². The van der Waals surface area contributed by atoms with Gasteiger partial charge in [0, 0.05) is 12.1 Å². The summed E-state index contributed by atoms with van der Waals surface area (Å²) >= 11 is 0. The average Bonchev–Trinajstić information content (AvgIpc) is 2.27. The van der Waals surface area contributed by atoms with E-state index in [0.29, 0.717) is 17.9 Å². The number of benzene rings is 1. The van der Waals surface area contributed by atoms with E-state index in [1.54, 1.807) is 0 Å². The lowest BCUT2D eigenvalue weighted by Crippen LogP contribution is -2.13. The van der Waals surface area contributed by atoms with Gasteiger partial charge in [-0.05, 0) is 24.0 Å². The highest BCUT2D eigenvalue weighted by atomic mass is 35.5. The molecule has 0 amide bonds. The molecule has 3 N–H and O–H groups in total. The van der Waals surface area contributed by atoms with Crippen molar-refractivity contribution in [3.8, 4) is 11.5 Å².